The van der Waals surface area contributed by atoms with Gasteiger partial charge >= 0.3 is 6.18 Å². The molecule has 12 heteroatoms. The number of nitrogens with one attached hydrogen (secondary N) is 1. The number of hydrogen-bond acceptors (Lipinski definition) is 8. The second-order valence-corrected chi connectivity index (χ2v) is 8.43. The highest BCUT2D eigenvalue weighted by atomic mass is 19.4. The quantitative estimate of drug-likeness (QED) is 0.314. The molecule has 1 N–H and O–H groups in total. The van der Waals surface area contributed by atoms with Crippen molar-refractivity contribution in [3.63, 3.8) is 0 Å². The van der Waals surface area contributed by atoms with Gasteiger partial charge in [0.1, 0.15) is 6.54 Å². The molecule has 0 saturated carbocycles. The molecule has 190 valence electrons. The van der Waals surface area contributed by atoms with Gasteiger partial charge in [-0.1, -0.05) is 19.9 Å². The predicted octanol–water partition coefficient (Wildman–Crippen LogP) is 6.02. The van der Waals surface area contributed by atoms with Crippen LogP contribution in [0.3, 0.4) is 0 Å². The number of aromatic nitrogens is 3. The Labute approximate surface area is 205 Å². The zero-order valence-electron chi connectivity index (χ0n) is 19.8. The number of azo groups is 1. The second kappa shape index (κ2) is 10.9. The van der Waals surface area contributed by atoms with E-state index in [1.54, 1.807) is 23.1 Å². The highest BCUT2D eigenvalue weighted by Crippen LogP contribution is 2.32. The van der Waals surface area contributed by atoms with Crippen LogP contribution in [0.2, 0.25) is 0 Å². The largest absolute Gasteiger partial charge is 0.416 e. The minimum Gasteiger partial charge on any atom is -0.378 e. The Morgan fingerprint density at radius 3 is 2.61 bits per heavy atom. The van der Waals surface area contributed by atoms with Crippen LogP contribution in [0.1, 0.15) is 36.7 Å². The second-order valence-electron chi connectivity index (χ2n) is 8.43. The van der Waals surface area contributed by atoms with Crippen LogP contribution in [-0.4, -0.2) is 41.3 Å². The van der Waals surface area contributed by atoms with Crippen LogP contribution < -0.4 is 10.2 Å². The van der Waals surface area contributed by atoms with Crippen LogP contribution in [-0.2, 0) is 17.5 Å². The molecule has 0 aliphatic carbocycles. The summed E-state index contributed by atoms with van der Waals surface area (Å²) in [7, 11) is 0. The van der Waals surface area contributed by atoms with Crippen LogP contribution in [0.5, 0.6) is 0 Å². The summed E-state index contributed by atoms with van der Waals surface area (Å²) >= 11 is 0. The van der Waals surface area contributed by atoms with Gasteiger partial charge in [0.2, 0.25) is 0 Å². The zero-order valence-corrected chi connectivity index (χ0v) is 19.8. The molecule has 0 radical (unpaired) electrons. The van der Waals surface area contributed by atoms with Crippen LogP contribution in [0.15, 0.2) is 52.8 Å². The minimum absolute atomic E-state index is 0.00769. The summed E-state index contributed by atoms with van der Waals surface area (Å²) in [6.07, 6.45) is -3.36. The molecule has 8 nitrogen and oxygen atoms in total. The SMILES string of the molecule is CC(C)c1nc(CN=Nc2ncc(F)c(N3CCOCC3)n2)ccc1Nc1cccc(C(F)(F)F)c1. The molecule has 1 saturated heterocycles. The van der Waals surface area contributed by atoms with E-state index in [1.807, 2.05) is 13.8 Å². The summed E-state index contributed by atoms with van der Waals surface area (Å²) in [6, 6.07) is 8.46. The summed E-state index contributed by atoms with van der Waals surface area (Å²) in [5.41, 5.74) is 1.45. The topological polar surface area (TPSA) is 87.9 Å². The molecule has 1 aliphatic heterocycles. The maximum absolute atomic E-state index is 14.2. The molecule has 2 aromatic heterocycles. The van der Waals surface area contributed by atoms with Gasteiger partial charge in [0, 0.05) is 18.8 Å². The van der Waals surface area contributed by atoms with E-state index in [4.69, 9.17) is 4.74 Å². The van der Waals surface area contributed by atoms with Gasteiger partial charge in [-0.15, -0.1) is 5.11 Å². The minimum atomic E-state index is -4.43. The van der Waals surface area contributed by atoms with Crippen molar-refractivity contribution in [2.24, 2.45) is 10.2 Å². The summed E-state index contributed by atoms with van der Waals surface area (Å²) in [5, 5.41) is 11.2. The third-order valence-electron chi connectivity index (χ3n) is 5.41. The van der Waals surface area contributed by atoms with Crippen molar-refractivity contribution >= 4 is 23.1 Å². The molecule has 0 atom stereocenters. The first-order valence-corrected chi connectivity index (χ1v) is 11.4. The molecule has 4 rings (SSSR count). The van der Waals surface area contributed by atoms with Crippen LogP contribution >= 0.6 is 0 Å². The van der Waals surface area contributed by atoms with Gasteiger partial charge in [0.15, 0.2) is 11.6 Å². The van der Waals surface area contributed by atoms with Crippen LogP contribution in [0.4, 0.5) is 40.7 Å². The number of anilines is 3. The van der Waals surface area contributed by atoms with E-state index in [0.717, 1.165) is 18.3 Å². The number of benzene rings is 1. The lowest BCUT2D eigenvalue weighted by atomic mass is 10.1. The van der Waals surface area contributed by atoms with E-state index in [1.165, 1.54) is 6.07 Å². The molecule has 36 heavy (non-hydrogen) atoms. The van der Waals surface area contributed by atoms with Crippen molar-refractivity contribution in [2.75, 3.05) is 36.5 Å². The summed E-state index contributed by atoms with van der Waals surface area (Å²) in [6.45, 7) is 6.01. The average molecular weight is 504 g/mol. The van der Waals surface area contributed by atoms with Gasteiger partial charge in [-0.25, -0.2) is 9.37 Å². The molecule has 1 aromatic carbocycles. The smallest absolute Gasteiger partial charge is 0.378 e. The van der Waals surface area contributed by atoms with Gasteiger partial charge in [-0.3, -0.25) is 4.98 Å². The Morgan fingerprint density at radius 2 is 1.89 bits per heavy atom. The zero-order chi connectivity index (χ0) is 25.7. The van der Waals surface area contributed by atoms with Crippen molar-refractivity contribution < 1.29 is 22.3 Å². The first kappa shape index (κ1) is 25.4. The van der Waals surface area contributed by atoms with Gasteiger partial charge < -0.3 is 15.0 Å². The lowest BCUT2D eigenvalue weighted by molar-refractivity contribution is -0.137. The fourth-order valence-electron chi connectivity index (χ4n) is 3.65. The highest BCUT2D eigenvalue weighted by molar-refractivity contribution is 5.63. The number of alkyl halides is 3. The number of hydrogen-bond donors (Lipinski definition) is 1. The van der Waals surface area contributed by atoms with Crippen molar-refractivity contribution in [1.29, 1.82) is 0 Å². The van der Waals surface area contributed by atoms with Crippen LogP contribution in [0.25, 0.3) is 0 Å². The average Bonchev–Trinajstić information content (AvgIpc) is 2.86. The predicted molar refractivity (Wildman–Crippen MR) is 126 cm³/mol. The molecule has 0 bridgehead atoms. The maximum atomic E-state index is 14.2. The Bertz CT molecular complexity index is 1230. The standard InChI is InChI=1S/C24H25F4N7O/c1-15(2)21-20(31-17-5-3-4-16(12-17)24(26,27)28)7-6-18(32-21)13-30-34-23-29-14-19(25)22(33-23)35-8-10-36-11-9-35/h3-7,12,14-15,31H,8-11,13H2,1-2H3. The van der Waals surface area contributed by atoms with Crippen molar-refractivity contribution in [2.45, 2.75) is 32.5 Å². The fourth-order valence-corrected chi connectivity index (χ4v) is 3.65. The van der Waals surface area contributed by atoms with Crippen LogP contribution in [0, 0.1) is 5.82 Å². The number of rotatable bonds is 7. The Morgan fingerprint density at radius 1 is 1.11 bits per heavy atom. The lowest BCUT2D eigenvalue weighted by Crippen LogP contribution is -2.37. The molecule has 3 heterocycles. The summed E-state index contributed by atoms with van der Waals surface area (Å²) in [4.78, 5) is 14.4. The molecule has 1 aliphatic rings. The maximum Gasteiger partial charge on any atom is 0.416 e. The van der Waals surface area contributed by atoms with Crippen molar-refractivity contribution in [1.82, 2.24) is 15.0 Å². The van der Waals surface area contributed by atoms with E-state index in [9.17, 15) is 17.6 Å². The number of pyridine rings is 1. The van der Waals surface area contributed by atoms with E-state index >= 15 is 0 Å². The molecular formula is C24H25F4N7O. The third kappa shape index (κ3) is 6.30. The summed E-state index contributed by atoms with van der Waals surface area (Å²) in [5.74, 6) is -0.355. The molecule has 3 aromatic rings. The molecule has 0 unspecified atom stereocenters. The normalized spacial score (nSPS) is 14.6. The van der Waals surface area contributed by atoms with Gasteiger partial charge in [-0.2, -0.15) is 23.3 Å². The van der Waals surface area contributed by atoms with Crippen molar-refractivity contribution in [3.05, 3.63) is 65.4 Å². The molecule has 0 amide bonds. The van der Waals surface area contributed by atoms with Gasteiger partial charge in [-0.05, 0) is 36.2 Å². The van der Waals surface area contributed by atoms with Crippen molar-refractivity contribution in [3.8, 4) is 0 Å². The van der Waals surface area contributed by atoms with E-state index in [0.29, 0.717) is 49.1 Å². The van der Waals surface area contributed by atoms with E-state index in [-0.39, 0.29) is 24.2 Å². The Balaban J connectivity index is 1.48. The Hall–Kier alpha value is -3.67. The number of morpholine rings is 1. The number of ether oxygens (including phenoxy) is 1. The number of nitrogens with zero attached hydrogens (tertiary/aromatic N) is 6. The van der Waals surface area contributed by atoms with Gasteiger partial charge in [0.25, 0.3) is 5.95 Å². The highest BCUT2D eigenvalue weighted by Gasteiger charge is 2.30. The monoisotopic (exact) mass is 503 g/mol. The third-order valence-corrected chi connectivity index (χ3v) is 5.41. The Kier molecular flexibility index (Phi) is 7.73. The van der Waals surface area contributed by atoms with E-state index < -0.39 is 17.6 Å². The first-order chi connectivity index (χ1) is 17.2. The van der Waals surface area contributed by atoms with Gasteiger partial charge in [0.05, 0.1) is 42.0 Å². The molecular weight excluding hydrogens is 478 g/mol. The fraction of sp³-hybridized carbons (Fsp3) is 0.375. The lowest BCUT2D eigenvalue weighted by Gasteiger charge is -2.27. The molecule has 0 spiro atoms. The first-order valence-electron chi connectivity index (χ1n) is 11.4. The number of halogens is 4. The molecule has 1 fully saturated rings. The summed E-state index contributed by atoms with van der Waals surface area (Å²) < 4.78 is 58.6. The van der Waals surface area contributed by atoms with E-state index in [2.05, 4.69) is 30.5 Å².